The lowest BCUT2D eigenvalue weighted by Crippen LogP contribution is -2.24. The van der Waals surface area contributed by atoms with E-state index in [2.05, 4.69) is 15.0 Å². The maximum atomic E-state index is 11.8. The number of ether oxygens (including phenoxy) is 1. The van der Waals surface area contributed by atoms with Gasteiger partial charge in [-0.2, -0.15) is 0 Å². The summed E-state index contributed by atoms with van der Waals surface area (Å²) in [4.78, 5) is 24.8. The number of carbonyl (C=O) groups is 1. The van der Waals surface area contributed by atoms with Crippen molar-refractivity contribution < 1.29 is 9.53 Å². The number of pyridine rings is 1. The summed E-state index contributed by atoms with van der Waals surface area (Å²) in [6.07, 6.45) is 4.86. The van der Waals surface area contributed by atoms with Crippen LogP contribution in [-0.4, -0.2) is 28.0 Å². The van der Waals surface area contributed by atoms with Gasteiger partial charge in [-0.1, -0.05) is 6.07 Å². The smallest absolute Gasteiger partial charge is 0.319 e. The van der Waals surface area contributed by atoms with Crippen LogP contribution in [0.25, 0.3) is 11.4 Å². The largest absolute Gasteiger partial charge is 0.468 e. The topological polar surface area (TPSA) is 65.0 Å². The second-order valence-electron chi connectivity index (χ2n) is 4.55. The van der Waals surface area contributed by atoms with Gasteiger partial charge >= 0.3 is 5.97 Å². The highest BCUT2D eigenvalue weighted by molar-refractivity contribution is 5.85. The van der Waals surface area contributed by atoms with E-state index in [0.29, 0.717) is 5.82 Å². The first-order chi connectivity index (χ1) is 9.26. The van der Waals surface area contributed by atoms with Crippen LogP contribution >= 0.6 is 0 Å². The number of methoxy groups -OCH3 is 1. The van der Waals surface area contributed by atoms with Gasteiger partial charge in [-0.05, 0) is 31.0 Å². The highest BCUT2D eigenvalue weighted by atomic mass is 16.5. The van der Waals surface area contributed by atoms with Gasteiger partial charge in [0, 0.05) is 12.4 Å². The first-order valence-electron chi connectivity index (χ1n) is 6.10. The van der Waals surface area contributed by atoms with Crippen LogP contribution in [0.2, 0.25) is 0 Å². The molecule has 0 aromatic carbocycles. The highest BCUT2D eigenvalue weighted by Gasteiger charge is 2.55. The third kappa shape index (κ3) is 1.97. The monoisotopic (exact) mass is 255 g/mol. The van der Waals surface area contributed by atoms with Crippen molar-refractivity contribution in [2.75, 3.05) is 7.11 Å². The maximum Gasteiger partial charge on any atom is 0.319 e. The fourth-order valence-electron chi connectivity index (χ4n) is 2.09. The molecule has 0 aliphatic heterocycles. The normalized spacial score (nSPS) is 15.8. The van der Waals surface area contributed by atoms with Crippen molar-refractivity contribution in [3.05, 3.63) is 42.5 Å². The van der Waals surface area contributed by atoms with E-state index in [4.69, 9.17) is 4.74 Å². The molecule has 0 saturated heterocycles. The summed E-state index contributed by atoms with van der Waals surface area (Å²) in [6.45, 7) is 0. The molecule has 1 aliphatic rings. The molecule has 3 rings (SSSR count). The summed E-state index contributed by atoms with van der Waals surface area (Å²) in [5, 5.41) is 0. The molecule has 5 heteroatoms. The lowest BCUT2D eigenvalue weighted by atomic mass is 10.1. The van der Waals surface area contributed by atoms with Gasteiger partial charge in [-0.3, -0.25) is 9.78 Å². The van der Waals surface area contributed by atoms with Crippen LogP contribution in [0.5, 0.6) is 0 Å². The van der Waals surface area contributed by atoms with Gasteiger partial charge in [-0.25, -0.2) is 9.97 Å². The molecule has 0 radical (unpaired) electrons. The lowest BCUT2D eigenvalue weighted by Gasteiger charge is -2.11. The van der Waals surface area contributed by atoms with Crippen LogP contribution in [0.1, 0.15) is 18.7 Å². The Balaban J connectivity index is 2.00. The van der Waals surface area contributed by atoms with E-state index in [1.165, 1.54) is 7.11 Å². The van der Waals surface area contributed by atoms with Crippen molar-refractivity contribution in [1.82, 2.24) is 15.0 Å². The van der Waals surface area contributed by atoms with Crippen molar-refractivity contribution in [3.8, 4) is 11.4 Å². The van der Waals surface area contributed by atoms with Crippen LogP contribution in [0.3, 0.4) is 0 Å². The summed E-state index contributed by atoms with van der Waals surface area (Å²) in [5.74, 6) is 0.271. The summed E-state index contributed by atoms with van der Waals surface area (Å²) in [7, 11) is 1.39. The molecule has 19 heavy (non-hydrogen) atoms. The lowest BCUT2D eigenvalue weighted by molar-refractivity contribution is -0.143. The number of aromatic nitrogens is 3. The second kappa shape index (κ2) is 4.42. The van der Waals surface area contributed by atoms with Crippen LogP contribution in [0, 0.1) is 0 Å². The Morgan fingerprint density at radius 3 is 2.63 bits per heavy atom. The Morgan fingerprint density at radius 2 is 2.00 bits per heavy atom. The zero-order valence-corrected chi connectivity index (χ0v) is 10.5. The zero-order valence-electron chi connectivity index (χ0n) is 10.5. The van der Waals surface area contributed by atoms with Crippen molar-refractivity contribution in [2.45, 2.75) is 18.3 Å². The van der Waals surface area contributed by atoms with E-state index in [9.17, 15) is 4.79 Å². The van der Waals surface area contributed by atoms with E-state index < -0.39 is 5.41 Å². The van der Waals surface area contributed by atoms with Crippen LogP contribution in [0.4, 0.5) is 0 Å². The summed E-state index contributed by atoms with van der Waals surface area (Å²) < 4.78 is 4.84. The minimum absolute atomic E-state index is 0.259. The molecular formula is C14H13N3O2. The van der Waals surface area contributed by atoms with Crippen LogP contribution < -0.4 is 0 Å². The van der Waals surface area contributed by atoms with Crippen molar-refractivity contribution in [3.63, 3.8) is 0 Å². The summed E-state index contributed by atoms with van der Waals surface area (Å²) >= 11 is 0. The third-order valence-corrected chi connectivity index (χ3v) is 3.34. The first kappa shape index (κ1) is 11.8. The van der Waals surface area contributed by atoms with E-state index in [1.807, 2.05) is 18.2 Å². The Morgan fingerprint density at radius 1 is 1.16 bits per heavy atom. The minimum Gasteiger partial charge on any atom is -0.468 e. The SMILES string of the molecule is COC(=O)C1(c2nccc(-c3ccccn3)n2)CC1. The summed E-state index contributed by atoms with van der Waals surface area (Å²) in [5.41, 5.74) is 0.854. The van der Waals surface area contributed by atoms with E-state index in [0.717, 1.165) is 24.2 Å². The van der Waals surface area contributed by atoms with E-state index in [1.54, 1.807) is 18.5 Å². The maximum absolute atomic E-state index is 11.8. The molecule has 96 valence electrons. The van der Waals surface area contributed by atoms with E-state index >= 15 is 0 Å². The second-order valence-corrected chi connectivity index (χ2v) is 4.55. The molecule has 0 N–H and O–H groups in total. The van der Waals surface area contributed by atoms with E-state index in [-0.39, 0.29) is 5.97 Å². The molecule has 0 bridgehead atoms. The van der Waals surface area contributed by atoms with Gasteiger partial charge in [-0.15, -0.1) is 0 Å². The third-order valence-electron chi connectivity index (χ3n) is 3.34. The molecule has 1 saturated carbocycles. The Kier molecular flexibility index (Phi) is 2.74. The average Bonchev–Trinajstić information content (AvgIpc) is 3.29. The predicted molar refractivity (Wildman–Crippen MR) is 68.2 cm³/mol. The highest BCUT2D eigenvalue weighted by Crippen LogP contribution is 2.47. The fourth-order valence-corrected chi connectivity index (χ4v) is 2.09. The van der Waals surface area contributed by atoms with Gasteiger partial charge in [0.1, 0.15) is 11.2 Å². The van der Waals surface area contributed by atoms with Crippen molar-refractivity contribution in [2.24, 2.45) is 0 Å². The quantitative estimate of drug-likeness (QED) is 0.782. The molecular weight excluding hydrogens is 242 g/mol. The number of esters is 1. The standard InChI is InChI=1S/C14H13N3O2/c1-19-13(18)14(6-7-14)12-16-9-5-11(17-12)10-4-2-3-8-15-10/h2-5,8-9H,6-7H2,1H3. The fraction of sp³-hybridized carbons (Fsp3) is 0.286. The Bertz CT molecular complexity index is 609. The Labute approximate surface area is 110 Å². The molecule has 0 unspecified atom stereocenters. The summed E-state index contributed by atoms with van der Waals surface area (Å²) in [6, 6.07) is 7.42. The average molecular weight is 255 g/mol. The predicted octanol–water partition coefficient (Wildman–Crippen LogP) is 1.74. The molecule has 0 amide bonds. The van der Waals surface area contributed by atoms with Crippen LogP contribution in [-0.2, 0) is 14.9 Å². The number of hydrogen-bond donors (Lipinski definition) is 0. The number of carbonyl (C=O) groups excluding carboxylic acids is 1. The molecule has 2 heterocycles. The Hall–Kier alpha value is -2.30. The van der Waals surface area contributed by atoms with Gasteiger partial charge in [0.15, 0.2) is 0 Å². The number of nitrogens with zero attached hydrogens (tertiary/aromatic N) is 3. The molecule has 0 atom stereocenters. The van der Waals surface area contributed by atoms with Crippen molar-refractivity contribution in [1.29, 1.82) is 0 Å². The zero-order chi connectivity index (χ0) is 13.3. The first-order valence-corrected chi connectivity index (χ1v) is 6.10. The molecule has 5 nitrogen and oxygen atoms in total. The van der Waals surface area contributed by atoms with Crippen molar-refractivity contribution >= 4 is 5.97 Å². The molecule has 1 fully saturated rings. The van der Waals surface area contributed by atoms with Gasteiger partial charge in [0.05, 0.1) is 18.5 Å². The number of rotatable bonds is 3. The van der Waals surface area contributed by atoms with Gasteiger partial charge in [0.25, 0.3) is 0 Å². The minimum atomic E-state index is -0.639. The van der Waals surface area contributed by atoms with Crippen LogP contribution in [0.15, 0.2) is 36.7 Å². The molecule has 0 spiro atoms. The van der Waals surface area contributed by atoms with Gasteiger partial charge in [0.2, 0.25) is 0 Å². The molecule has 1 aliphatic carbocycles. The van der Waals surface area contributed by atoms with Gasteiger partial charge < -0.3 is 4.74 Å². The molecule has 2 aromatic rings. The molecule has 2 aromatic heterocycles. The number of hydrogen-bond acceptors (Lipinski definition) is 5.